The van der Waals surface area contributed by atoms with Crippen LogP contribution in [-0.2, 0) is 16.2 Å². The maximum absolute atomic E-state index is 13.3. The van der Waals surface area contributed by atoms with Crippen molar-refractivity contribution in [2.45, 2.75) is 33.8 Å². The number of nitrogens with zero attached hydrogens (tertiary/aromatic N) is 1. The fourth-order valence-electron chi connectivity index (χ4n) is 3.82. The van der Waals surface area contributed by atoms with E-state index >= 15 is 0 Å². The number of carbonyl (C=O) groups excluding carboxylic acids is 3. The first kappa shape index (κ1) is 26.5. The molecule has 3 aromatic rings. The van der Waals surface area contributed by atoms with Gasteiger partial charge in [-0.3, -0.25) is 14.9 Å². The standard InChI is InChI=1S/C30H30N2O6/c1-4-16-37-24-13-11-23(12-14-24)32-29(34)25(28(33)31-30(32)35)17-22-10-15-26(27(18-22)36-5-2)38-19-21-8-6-20(3)7-9-21/h6-15,17-18H,4-5,16,19H2,1-3H3,(H,31,33,35)/b25-17-. The molecule has 0 saturated carbocycles. The van der Waals surface area contributed by atoms with Gasteiger partial charge >= 0.3 is 6.03 Å². The van der Waals surface area contributed by atoms with Gasteiger partial charge in [-0.1, -0.05) is 42.8 Å². The molecule has 0 spiro atoms. The highest BCUT2D eigenvalue weighted by molar-refractivity contribution is 6.39. The van der Waals surface area contributed by atoms with Gasteiger partial charge in [-0.2, -0.15) is 0 Å². The van der Waals surface area contributed by atoms with E-state index in [1.165, 1.54) is 11.6 Å². The largest absolute Gasteiger partial charge is 0.494 e. The Labute approximate surface area is 221 Å². The number of rotatable bonds is 10. The summed E-state index contributed by atoms with van der Waals surface area (Å²) in [5.41, 5.74) is 2.88. The topological polar surface area (TPSA) is 94.2 Å². The van der Waals surface area contributed by atoms with Crippen molar-refractivity contribution in [1.82, 2.24) is 5.32 Å². The molecule has 4 rings (SSSR count). The third-order valence-corrected chi connectivity index (χ3v) is 5.76. The van der Waals surface area contributed by atoms with Crippen LogP contribution in [0, 0.1) is 6.92 Å². The lowest BCUT2D eigenvalue weighted by molar-refractivity contribution is -0.122. The van der Waals surface area contributed by atoms with Gasteiger partial charge in [-0.25, -0.2) is 9.69 Å². The number of nitrogens with one attached hydrogen (secondary N) is 1. The minimum atomic E-state index is -0.811. The first-order valence-electron chi connectivity index (χ1n) is 12.5. The van der Waals surface area contributed by atoms with Crippen molar-refractivity contribution in [2.75, 3.05) is 18.1 Å². The second-order valence-corrected chi connectivity index (χ2v) is 8.71. The van der Waals surface area contributed by atoms with Crippen molar-refractivity contribution in [1.29, 1.82) is 0 Å². The zero-order chi connectivity index (χ0) is 27.1. The molecule has 0 atom stereocenters. The van der Waals surface area contributed by atoms with Crippen molar-refractivity contribution >= 4 is 29.6 Å². The van der Waals surface area contributed by atoms with Crippen LogP contribution in [0.25, 0.3) is 6.08 Å². The summed E-state index contributed by atoms with van der Waals surface area (Å²) in [7, 11) is 0. The fourth-order valence-corrected chi connectivity index (χ4v) is 3.82. The molecule has 0 aromatic heterocycles. The van der Waals surface area contributed by atoms with Gasteiger partial charge in [0.05, 0.1) is 18.9 Å². The molecule has 0 bridgehead atoms. The molecule has 38 heavy (non-hydrogen) atoms. The molecule has 1 heterocycles. The van der Waals surface area contributed by atoms with E-state index in [2.05, 4.69) is 5.32 Å². The van der Waals surface area contributed by atoms with Crippen molar-refractivity contribution in [3.05, 3.63) is 89.0 Å². The van der Waals surface area contributed by atoms with Crippen LogP contribution in [0.1, 0.15) is 37.0 Å². The third kappa shape index (κ3) is 6.21. The van der Waals surface area contributed by atoms with Crippen molar-refractivity contribution < 1.29 is 28.6 Å². The summed E-state index contributed by atoms with van der Waals surface area (Å²) in [6, 6.07) is 18.9. The van der Waals surface area contributed by atoms with Gasteiger partial charge in [0.2, 0.25) is 0 Å². The lowest BCUT2D eigenvalue weighted by atomic mass is 10.1. The number of carbonyl (C=O) groups is 3. The van der Waals surface area contributed by atoms with Crippen molar-refractivity contribution in [3.63, 3.8) is 0 Å². The summed E-state index contributed by atoms with van der Waals surface area (Å²) in [5, 5.41) is 2.24. The first-order valence-corrected chi connectivity index (χ1v) is 12.5. The Balaban J connectivity index is 1.56. The van der Waals surface area contributed by atoms with Gasteiger partial charge in [-0.05, 0) is 73.9 Å². The smallest absolute Gasteiger partial charge is 0.335 e. The van der Waals surface area contributed by atoms with Crippen LogP contribution in [0.3, 0.4) is 0 Å². The second kappa shape index (κ2) is 12.1. The third-order valence-electron chi connectivity index (χ3n) is 5.76. The molecular formula is C30H30N2O6. The second-order valence-electron chi connectivity index (χ2n) is 8.71. The monoisotopic (exact) mass is 514 g/mol. The van der Waals surface area contributed by atoms with Crippen molar-refractivity contribution in [3.8, 4) is 17.2 Å². The molecule has 0 unspecified atom stereocenters. The summed E-state index contributed by atoms with van der Waals surface area (Å²) < 4.78 is 17.3. The molecule has 4 amide bonds. The van der Waals surface area contributed by atoms with E-state index in [0.29, 0.717) is 48.3 Å². The summed E-state index contributed by atoms with van der Waals surface area (Å²) in [4.78, 5) is 39.3. The van der Waals surface area contributed by atoms with Crippen LogP contribution in [0.2, 0.25) is 0 Å². The summed E-state index contributed by atoms with van der Waals surface area (Å²) in [6.45, 7) is 7.20. The fraction of sp³-hybridized carbons (Fsp3) is 0.233. The van der Waals surface area contributed by atoms with Gasteiger partial charge in [0, 0.05) is 0 Å². The SMILES string of the molecule is CCCOc1ccc(N2C(=O)NC(=O)/C(=C/c3ccc(OCc4ccc(C)cc4)c(OCC)c3)C2=O)cc1. The molecule has 8 nitrogen and oxygen atoms in total. The Bertz CT molecular complexity index is 1350. The Morgan fingerprint density at radius 1 is 0.842 bits per heavy atom. The molecule has 0 radical (unpaired) electrons. The van der Waals surface area contributed by atoms with E-state index in [9.17, 15) is 14.4 Å². The zero-order valence-corrected chi connectivity index (χ0v) is 21.7. The predicted octanol–water partition coefficient (Wildman–Crippen LogP) is 5.43. The minimum absolute atomic E-state index is 0.174. The van der Waals surface area contributed by atoms with Gasteiger partial charge in [0.1, 0.15) is 17.9 Å². The Morgan fingerprint density at radius 2 is 1.58 bits per heavy atom. The van der Waals surface area contributed by atoms with Gasteiger partial charge in [-0.15, -0.1) is 0 Å². The van der Waals surface area contributed by atoms with Crippen LogP contribution >= 0.6 is 0 Å². The van der Waals surface area contributed by atoms with Gasteiger partial charge in [0.25, 0.3) is 11.8 Å². The zero-order valence-electron chi connectivity index (χ0n) is 21.7. The highest BCUT2D eigenvalue weighted by Gasteiger charge is 2.36. The molecule has 1 N–H and O–H groups in total. The van der Waals surface area contributed by atoms with Crippen molar-refractivity contribution in [2.24, 2.45) is 0 Å². The maximum atomic E-state index is 13.3. The lowest BCUT2D eigenvalue weighted by Crippen LogP contribution is -2.54. The predicted molar refractivity (Wildman–Crippen MR) is 144 cm³/mol. The highest BCUT2D eigenvalue weighted by Crippen LogP contribution is 2.31. The van der Waals surface area contributed by atoms with Crippen LogP contribution in [0.5, 0.6) is 17.2 Å². The number of aryl methyl sites for hydroxylation is 1. The van der Waals surface area contributed by atoms with E-state index in [1.54, 1.807) is 42.5 Å². The molecule has 1 aliphatic rings. The van der Waals surface area contributed by atoms with Gasteiger partial charge in [0.15, 0.2) is 11.5 Å². The summed E-state index contributed by atoms with van der Waals surface area (Å²) in [6.07, 6.45) is 2.29. The number of barbiturate groups is 1. The number of benzene rings is 3. The molecule has 3 aromatic carbocycles. The molecule has 0 aliphatic carbocycles. The van der Waals surface area contributed by atoms with Crippen LogP contribution < -0.4 is 24.4 Å². The molecule has 196 valence electrons. The van der Waals surface area contributed by atoms with E-state index in [4.69, 9.17) is 14.2 Å². The minimum Gasteiger partial charge on any atom is -0.494 e. The normalized spacial score (nSPS) is 14.4. The van der Waals surface area contributed by atoms with Gasteiger partial charge < -0.3 is 14.2 Å². The molecular weight excluding hydrogens is 484 g/mol. The average Bonchev–Trinajstić information content (AvgIpc) is 2.91. The molecule has 1 fully saturated rings. The number of hydrogen-bond acceptors (Lipinski definition) is 6. The number of imide groups is 2. The summed E-state index contributed by atoms with van der Waals surface area (Å²) >= 11 is 0. The van der Waals surface area contributed by atoms with E-state index in [-0.39, 0.29) is 5.57 Å². The molecule has 1 aliphatic heterocycles. The van der Waals surface area contributed by atoms with E-state index in [1.807, 2.05) is 45.0 Å². The van der Waals surface area contributed by atoms with Crippen LogP contribution in [0.15, 0.2) is 72.3 Å². The number of ether oxygens (including phenoxy) is 3. The maximum Gasteiger partial charge on any atom is 0.335 e. The highest BCUT2D eigenvalue weighted by atomic mass is 16.5. The number of amides is 4. The summed E-state index contributed by atoms with van der Waals surface area (Å²) in [5.74, 6) is 0.153. The van der Waals surface area contributed by atoms with Crippen LogP contribution in [-0.4, -0.2) is 31.1 Å². The Morgan fingerprint density at radius 3 is 2.26 bits per heavy atom. The quantitative estimate of drug-likeness (QED) is 0.287. The molecule has 8 heteroatoms. The van der Waals surface area contributed by atoms with Crippen LogP contribution in [0.4, 0.5) is 10.5 Å². The number of anilines is 1. The van der Waals surface area contributed by atoms with E-state index < -0.39 is 17.8 Å². The first-order chi connectivity index (χ1) is 18.4. The van der Waals surface area contributed by atoms with E-state index in [0.717, 1.165) is 16.9 Å². The average molecular weight is 515 g/mol. The Kier molecular flexibility index (Phi) is 8.43. The molecule has 1 saturated heterocycles. The number of hydrogen-bond donors (Lipinski definition) is 1. The lowest BCUT2D eigenvalue weighted by Gasteiger charge is -2.26. The number of urea groups is 1. The Hall–Kier alpha value is -4.59.